The second-order valence-electron chi connectivity index (χ2n) is 5.00. The lowest BCUT2D eigenvalue weighted by Gasteiger charge is -2.27. The van der Waals surface area contributed by atoms with Crippen LogP contribution in [0.1, 0.15) is 13.3 Å². The monoisotopic (exact) mass is 310 g/mol. The number of hydrogen-bond donors (Lipinski definition) is 3. The molecule has 0 aromatic carbocycles. The van der Waals surface area contributed by atoms with E-state index in [1.807, 2.05) is 0 Å². The second kappa shape index (κ2) is 7.32. The van der Waals surface area contributed by atoms with Crippen LogP contribution in [0.3, 0.4) is 0 Å². The number of carbonyl (C=O) groups is 1. The van der Waals surface area contributed by atoms with Gasteiger partial charge in [0.15, 0.2) is 0 Å². The number of nitrogens with one attached hydrogen (secondary N) is 1. The van der Waals surface area contributed by atoms with Crippen molar-refractivity contribution in [1.29, 1.82) is 0 Å². The number of hydrogen-bond acceptors (Lipinski definition) is 6. The highest BCUT2D eigenvalue weighted by Gasteiger charge is 2.28. The molecule has 1 rings (SSSR count). The van der Waals surface area contributed by atoms with Crippen LogP contribution in [0.25, 0.3) is 0 Å². The SMILES string of the molecule is CC(CO)(CO)NC(=O)CCS(=O)(=O)N1CCOCC1. The zero-order valence-electron chi connectivity index (χ0n) is 11.5. The minimum Gasteiger partial charge on any atom is -0.394 e. The number of aliphatic hydroxyl groups is 2. The van der Waals surface area contributed by atoms with Crippen molar-refractivity contribution in [3.8, 4) is 0 Å². The van der Waals surface area contributed by atoms with E-state index in [-0.39, 0.29) is 12.2 Å². The first kappa shape index (κ1) is 17.3. The standard InChI is InChI=1S/C11H22N2O6S/c1-11(8-14,9-15)12-10(16)2-7-20(17,18)13-3-5-19-6-4-13/h14-15H,2-9H2,1H3,(H,12,16). The minimum atomic E-state index is -3.48. The predicted octanol–water partition coefficient (Wildman–Crippen LogP) is -2.10. The number of aliphatic hydroxyl groups excluding tert-OH is 2. The fourth-order valence-corrected chi connectivity index (χ4v) is 3.11. The molecule has 0 unspecified atom stereocenters. The summed E-state index contributed by atoms with van der Waals surface area (Å²) < 4.78 is 30.4. The van der Waals surface area contributed by atoms with Crippen molar-refractivity contribution >= 4 is 15.9 Å². The Hall–Kier alpha value is -0.740. The molecule has 1 fully saturated rings. The summed E-state index contributed by atoms with van der Waals surface area (Å²) in [6.45, 7) is 1.94. The smallest absolute Gasteiger partial charge is 0.221 e. The molecule has 0 aromatic rings. The molecule has 9 heteroatoms. The van der Waals surface area contributed by atoms with Gasteiger partial charge >= 0.3 is 0 Å². The Morgan fingerprint density at radius 3 is 2.35 bits per heavy atom. The van der Waals surface area contributed by atoms with Crippen LogP contribution in [0.15, 0.2) is 0 Å². The van der Waals surface area contributed by atoms with E-state index in [0.717, 1.165) is 0 Å². The summed E-state index contributed by atoms with van der Waals surface area (Å²) >= 11 is 0. The lowest BCUT2D eigenvalue weighted by Crippen LogP contribution is -2.52. The van der Waals surface area contributed by atoms with Gasteiger partial charge < -0.3 is 20.3 Å². The molecular weight excluding hydrogens is 288 g/mol. The molecule has 0 atom stereocenters. The van der Waals surface area contributed by atoms with Crippen LogP contribution in [0, 0.1) is 0 Å². The number of carbonyl (C=O) groups excluding carboxylic acids is 1. The fourth-order valence-electron chi connectivity index (χ4n) is 1.70. The number of sulfonamides is 1. The summed E-state index contributed by atoms with van der Waals surface area (Å²) in [5.41, 5.74) is -1.14. The number of morpholine rings is 1. The maximum Gasteiger partial charge on any atom is 0.221 e. The van der Waals surface area contributed by atoms with Crippen molar-refractivity contribution in [1.82, 2.24) is 9.62 Å². The van der Waals surface area contributed by atoms with Crippen molar-refractivity contribution in [3.63, 3.8) is 0 Å². The van der Waals surface area contributed by atoms with E-state index in [1.165, 1.54) is 11.2 Å². The molecule has 118 valence electrons. The summed E-state index contributed by atoms with van der Waals surface area (Å²) in [6, 6.07) is 0. The van der Waals surface area contributed by atoms with Crippen molar-refractivity contribution in [2.24, 2.45) is 0 Å². The molecule has 0 aliphatic carbocycles. The Bertz CT molecular complexity index is 415. The Morgan fingerprint density at radius 2 is 1.85 bits per heavy atom. The van der Waals surface area contributed by atoms with Gasteiger partial charge in [-0.1, -0.05) is 0 Å². The van der Waals surface area contributed by atoms with Crippen LogP contribution in [-0.4, -0.2) is 79.7 Å². The highest BCUT2D eigenvalue weighted by Crippen LogP contribution is 2.08. The van der Waals surface area contributed by atoms with Crippen molar-refractivity contribution < 1.29 is 28.2 Å². The molecule has 0 saturated carbocycles. The topological polar surface area (TPSA) is 116 Å². The number of amides is 1. The third kappa shape index (κ3) is 4.98. The van der Waals surface area contributed by atoms with E-state index < -0.39 is 34.7 Å². The van der Waals surface area contributed by atoms with Gasteiger partial charge in [-0.25, -0.2) is 8.42 Å². The molecular formula is C11H22N2O6S. The molecule has 3 N–H and O–H groups in total. The van der Waals surface area contributed by atoms with Gasteiger partial charge in [0.2, 0.25) is 15.9 Å². The Morgan fingerprint density at radius 1 is 1.30 bits per heavy atom. The molecule has 0 bridgehead atoms. The van der Waals surface area contributed by atoms with Crippen molar-refractivity contribution in [2.45, 2.75) is 18.9 Å². The normalized spacial score (nSPS) is 17.9. The Kier molecular flexibility index (Phi) is 6.34. The summed E-state index contributed by atoms with van der Waals surface area (Å²) in [7, 11) is -3.48. The minimum absolute atomic E-state index is 0.213. The summed E-state index contributed by atoms with van der Waals surface area (Å²) in [4.78, 5) is 11.7. The van der Waals surface area contributed by atoms with Crippen LogP contribution in [-0.2, 0) is 19.6 Å². The highest BCUT2D eigenvalue weighted by molar-refractivity contribution is 7.89. The van der Waals surface area contributed by atoms with E-state index in [9.17, 15) is 13.2 Å². The van der Waals surface area contributed by atoms with Gasteiger partial charge in [-0.15, -0.1) is 0 Å². The summed E-state index contributed by atoms with van der Waals surface area (Å²) in [5.74, 6) is -0.821. The maximum atomic E-state index is 12.0. The van der Waals surface area contributed by atoms with Crippen LogP contribution in [0.5, 0.6) is 0 Å². The van der Waals surface area contributed by atoms with Gasteiger partial charge in [-0.05, 0) is 6.92 Å². The fraction of sp³-hybridized carbons (Fsp3) is 0.909. The first-order chi connectivity index (χ1) is 9.33. The zero-order valence-corrected chi connectivity index (χ0v) is 12.4. The van der Waals surface area contributed by atoms with Gasteiger partial charge in [0.1, 0.15) is 0 Å². The lowest BCUT2D eigenvalue weighted by atomic mass is 10.1. The average molecular weight is 310 g/mol. The van der Waals surface area contributed by atoms with E-state index in [4.69, 9.17) is 14.9 Å². The molecule has 1 heterocycles. The van der Waals surface area contributed by atoms with Crippen molar-refractivity contribution in [3.05, 3.63) is 0 Å². The van der Waals surface area contributed by atoms with Gasteiger partial charge in [-0.3, -0.25) is 4.79 Å². The molecule has 1 aliphatic heterocycles. The van der Waals surface area contributed by atoms with E-state index in [0.29, 0.717) is 26.3 Å². The number of ether oxygens (including phenoxy) is 1. The van der Waals surface area contributed by atoms with Gasteiger partial charge in [0.25, 0.3) is 0 Å². The van der Waals surface area contributed by atoms with Gasteiger partial charge in [0, 0.05) is 19.5 Å². The lowest BCUT2D eigenvalue weighted by molar-refractivity contribution is -0.123. The maximum absolute atomic E-state index is 12.0. The quantitative estimate of drug-likeness (QED) is 0.496. The Labute approximate surface area is 118 Å². The second-order valence-corrected chi connectivity index (χ2v) is 7.09. The largest absolute Gasteiger partial charge is 0.394 e. The first-order valence-corrected chi connectivity index (χ1v) is 8.02. The zero-order chi connectivity index (χ0) is 15.2. The molecule has 20 heavy (non-hydrogen) atoms. The highest BCUT2D eigenvalue weighted by atomic mass is 32.2. The third-order valence-corrected chi connectivity index (χ3v) is 4.96. The molecule has 1 amide bonds. The van der Waals surface area contributed by atoms with E-state index in [1.54, 1.807) is 0 Å². The van der Waals surface area contributed by atoms with Gasteiger partial charge in [-0.2, -0.15) is 4.31 Å². The van der Waals surface area contributed by atoms with Gasteiger partial charge in [0.05, 0.1) is 37.7 Å². The molecule has 1 aliphatic rings. The predicted molar refractivity (Wildman–Crippen MR) is 71.5 cm³/mol. The van der Waals surface area contributed by atoms with Crippen LogP contribution in [0.4, 0.5) is 0 Å². The third-order valence-electron chi connectivity index (χ3n) is 3.09. The van der Waals surface area contributed by atoms with Crippen LogP contribution in [0.2, 0.25) is 0 Å². The summed E-state index contributed by atoms with van der Waals surface area (Å²) in [5, 5.41) is 20.5. The van der Waals surface area contributed by atoms with Crippen LogP contribution < -0.4 is 5.32 Å². The number of rotatable bonds is 7. The molecule has 0 aromatic heterocycles. The van der Waals surface area contributed by atoms with Crippen LogP contribution >= 0.6 is 0 Å². The Balaban J connectivity index is 2.47. The van der Waals surface area contributed by atoms with Crippen molar-refractivity contribution in [2.75, 3.05) is 45.3 Å². The van der Waals surface area contributed by atoms with E-state index >= 15 is 0 Å². The first-order valence-electron chi connectivity index (χ1n) is 6.41. The number of nitrogens with zero attached hydrogens (tertiary/aromatic N) is 1. The molecule has 0 spiro atoms. The summed E-state index contributed by atoms with van der Waals surface area (Å²) in [6.07, 6.45) is -0.213. The average Bonchev–Trinajstić information content (AvgIpc) is 2.46. The molecule has 8 nitrogen and oxygen atoms in total. The molecule has 1 saturated heterocycles. The van der Waals surface area contributed by atoms with E-state index in [2.05, 4.69) is 5.32 Å². The molecule has 0 radical (unpaired) electrons.